The van der Waals surface area contributed by atoms with Crippen molar-refractivity contribution < 1.29 is 9.90 Å². The number of aromatic amines is 1. The molecule has 0 fully saturated rings. The summed E-state index contributed by atoms with van der Waals surface area (Å²) in [5, 5.41) is 17.9. The maximum atomic E-state index is 12.0. The van der Waals surface area contributed by atoms with Gasteiger partial charge in [-0.2, -0.15) is 5.10 Å². The highest BCUT2D eigenvalue weighted by Crippen LogP contribution is 2.43. The van der Waals surface area contributed by atoms with Gasteiger partial charge in [0.1, 0.15) is 11.4 Å². The zero-order valence-electron chi connectivity index (χ0n) is 15.5. The summed E-state index contributed by atoms with van der Waals surface area (Å²) in [6.45, 7) is 4.43. The average molecular weight is 376 g/mol. The third-order valence-electron chi connectivity index (χ3n) is 5.00. The molecule has 1 amide bonds. The van der Waals surface area contributed by atoms with Crippen molar-refractivity contribution in [2.75, 3.05) is 5.73 Å². The summed E-state index contributed by atoms with van der Waals surface area (Å²) in [5.41, 5.74) is 16.5. The first kappa shape index (κ1) is 17.6. The molecule has 0 aliphatic carbocycles. The normalized spacial score (nSPS) is 11.2. The molecule has 0 unspecified atom stereocenters. The quantitative estimate of drug-likeness (QED) is 0.434. The molecule has 0 atom stereocenters. The molecule has 0 spiro atoms. The molecule has 0 bridgehead atoms. The van der Waals surface area contributed by atoms with Gasteiger partial charge in [-0.15, -0.1) is 0 Å². The number of fused-ring (bicyclic) bond motifs is 1. The Kier molecular flexibility index (Phi) is 4.03. The van der Waals surface area contributed by atoms with Crippen LogP contribution in [-0.4, -0.2) is 30.8 Å². The minimum Gasteiger partial charge on any atom is -0.508 e. The number of pyridine rings is 1. The highest BCUT2D eigenvalue weighted by atomic mass is 16.3. The second-order valence-corrected chi connectivity index (χ2v) is 6.58. The number of nitrogens with one attached hydrogen (secondary N) is 1. The zero-order chi connectivity index (χ0) is 20.0. The van der Waals surface area contributed by atoms with Crippen molar-refractivity contribution in [1.29, 1.82) is 0 Å². The number of nitrogens with two attached hydrogens (primary N) is 2. The predicted molar refractivity (Wildman–Crippen MR) is 108 cm³/mol. The van der Waals surface area contributed by atoms with Crippen LogP contribution in [0, 0.1) is 6.92 Å². The SMILES string of the molecule is CCn1cc(-c2cn[nH]c2)c2c(-c3cccc(O)c3C)c(N)c(C(N)=O)nc21. The number of benzene rings is 1. The number of aromatic hydroxyl groups is 1. The Morgan fingerprint density at radius 3 is 2.75 bits per heavy atom. The molecule has 28 heavy (non-hydrogen) atoms. The molecule has 4 rings (SSSR count). The van der Waals surface area contributed by atoms with E-state index in [9.17, 15) is 9.90 Å². The van der Waals surface area contributed by atoms with Gasteiger partial charge in [0.2, 0.25) is 0 Å². The van der Waals surface area contributed by atoms with Crippen molar-refractivity contribution in [1.82, 2.24) is 19.7 Å². The first-order valence-electron chi connectivity index (χ1n) is 8.84. The molecule has 8 heteroatoms. The minimum absolute atomic E-state index is 0.0109. The first-order valence-corrected chi connectivity index (χ1v) is 8.84. The molecule has 8 nitrogen and oxygen atoms in total. The standard InChI is InChI=1S/C20H20N6O2/c1-3-26-9-13(11-7-23-24-8-11)16-15(12-5-4-6-14(27)10(12)2)17(21)18(19(22)28)25-20(16)26/h4-9,27H,3,21H2,1-2H3,(H2,22,28)(H,23,24). The number of carbonyl (C=O) groups excluding carboxylic acids is 1. The number of nitrogens with zero attached hydrogens (tertiary/aromatic N) is 3. The van der Waals surface area contributed by atoms with E-state index in [4.69, 9.17) is 11.5 Å². The summed E-state index contributed by atoms with van der Waals surface area (Å²) in [6, 6.07) is 5.20. The van der Waals surface area contributed by atoms with E-state index in [-0.39, 0.29) is 17.1 Å². The molecule has 0 aliphatic heterocycles. The third-order valence-corrected chi connectivity index (χ3v) is 5.00. The van der Waals surface area contributed by atoms with Gasteiger partial charge in [-0.25, -0.2) is 4.98 Å². The highest BCUT2D eigenvalue weighted by molar-refractivity contribution is 6.13. The Morgan fingerprint density at radius 1 is 1.32 bits per heavy atom. The number of amides is 1. The highest BCUT2D eigenvalue weighted by Gasteiger charge is 2.24. The second-order valence-electron chi connectivity index (χ2n) is 6.58. The number of hydrogen-bond acceptors (Lipinski definition) is 5. The Bertz CT molecular complexity index is 1210. The van der Waals surface area contributed by atoms with Gasteiger partial charge in [-0.1, -0.05) is 12.1 Å². The summed E-state index contributed by atoms with van der Waals surface area (Å²) >= 11 is 0. The lowest BCUT2D eigenvalue weighted by atomic mass is 9.93. The van der Waals surface area contributed by atoms with Crippen LogP contribution in [0.4, 0.5) is 5.69 Å². The van der Waals surface area contributed by atoms with E-state index < -0.39 is 5.91 Å². The molecule has 0 aliphatic rings. The van der Waals surface area contributed by atoms with E-state index in [0.29, 0.717) is 28.9 Å². The zero-order valence-corrected chi connectivity index (χ0v) is 15.5. The van der Waals surface area contributed by atoms with Gasteiger partial charge < -0.3 is 21.1 Å². The van der Waals surface area contributed by atoms with Gasteiger partial charge in [-0.05, 0) is 31.0 Å². The van der Waals surface area contributed by atoms with Crippen LogP contribution >= 0.6 is 0 Å². The van der Waals surface area contributed by atoms with Crippen molar-refractivity contribution >= 4 is 22.6 Å². The fourth-order valence-electron chi connectivity index (χ4n) is 3.55. The van der Waals surface area contributed by atoms with E-state index in [0.717, 1.165) is 16.5 Å². The summed E-state index contributed by atoms with van der Waals surface area (Å²) in [4.78, 5) is 16.5. The Morgan fingerprint density at radius 2 is 2.11 bits per heavy atom. The van der Waals surface area contributed by atoms with Crippen molar-refractivity contribution in [2.45, 2.75) is 20.4 Å². The Hall–Kier alpha value is -3.81. The molecule has 4 aromatic rings. The molecule has 0 saturated carbocycles. The molecule has 6 N–H and O–H groups in total. The van der Waals surface area contributed by atoms with Crippen molar-refractivity contribution in [3.05, 3.63) is 48.0 Å². The number of anilines is 1. The number of phenols is 1. The number of phenolic OH excluding ortho intramolecular Hbond substituents is 1. The van der Waals surface area contributed by atoms with Crippen LogP contribution in [0.25, 0.3) is 33.3 Å². The Labute approximate surface area is 160 Å². The lowest BCUT2D eigenvalue weighted by Crippen LogP contribution is -2.17. The van der Waals surface area contributed by atoms with E-state index in [1.807, 2.05) is 23.8 Å². The second kappa shape index (κ2) is 6.41. The topological polar surface area (TPSA) is 136 Å². The van der Waals surface area contributed by atoms with Crippen LogP contribution < -0.4 is 11.5 Å². The lowest BCUT2D eigenvalue weighted by Gasteiger charge is -2.15. The largest absolute Gasteiger partial charge is 0.508 e. The number of nitrogen functional groups attached to an aromatic ring is 1. The summed E-state index contributed by atoms with van der Waals surface area (Å²) in [7, 11) is 0. The number of aromatic nitrogens is 4. The van der Waals surface area contributed by atoms with Gasteiger partial charge in [0.05, 0.1) is 11.9 Å². The van der Waals surface area contributed by atoms with E-state index in [1.54, 1.807) is 31.5 Å². The molecular weight excluding hydrogens is 356 g/mol. The van der Waals surface area contributed by atoms with Crippen molar-refractivity contribution in [3.63, 3.8) is 0 Å². The molecule has 3 heterocycles. The summed E-state index contributed by atoms with van der Waals surface area (Å²) in [6.07, 6.45) is 5.45. The van der Waals surface area contributed by atoms with Crippen molar-refractivity contribution in [2.24, 2.45) is 5.73 Å². The summed E-state index contributed by atoms with van der Waals surface area (Å²) < 4.78 is 1.94. The van der Waals surface area contributed by atoms with Gasteiger partial charge >= 0.3 is 0 Å². The monoisotopic (exact) mass is 376 g/mol. The van der Waals surface area contributed by atoms with Gasteiger partial charge in [0.25, 0.3) is 5.91 Å². The van der Waals surface area contributed by atoms with Gasteiger partial charge in [0.15, 0.2) is 5.69 Å². The number of hydrogen-bond donors (Lipinski definition) is 4. The molecule has 3 aromatic heterocycles. The molecular formula is C20H20N6O2. The number of primary amides is 1. The number of aryl methyl sites for hydroxylation is 1. The number of carbonyl (C=O) groups is 1. The minimum atomic E-state index is -0.702. The molecule has 0 radical (unpaired) electrons. The number of H-pyrrole nitrogens is 1. The van der Waals surface area contributed by atoms with Crippen LogP contribution in [-0.2, 0) is 6.54 Å². The van der Waals surface area contributed by atoms with E-state index >= 15 is 0 Å². The Balaban J connectivity index is 2.23. The van der Waals surface area contributed by atoms with Crippen LogP contribution in [0.5, 0.6) is 5.75 Å². The summed E-state index contributed by atoms with van der Waals surface area (Å²) in [5.74, 6) is -0.561. The smallest absolute Gasteiger partial charge is 0.269 e. The van der Waals surface area contributed by atoms with Gasteiger partial charge in [0, 0.05) is 41.0 Å². The predicted octanol–water partition coefficient (Wildman–Crippen LogP) is 2.81. The maximum Gasteiger partial charge on any atom is 0.269 e. The maximum absolute atomic E-state index is 12.0. The lowest BCUT2D eigenvalue weighted by molar-refractivity contribution is 0.0997. The van der Waals surface area contributed by atoms with Crippen molar-refractivity contribution in [3.8, 4) is 28.0 Å². The van der Waals surface area contributed by atoms with Crippen LogP contribution in [0.1, 0.15) is 23.0 Å². The fraction of sp³-hybridized carbons (Fsp3) is 0.150. The third kappa shape index (κ3) is 2.50. The molecule has 0 saturated heterocycles. The molecule has 1 aromatic carbocycles. The van der Waals surface area contributed by atoms with Crippen LogP contribution in [0.3, 0.4) is 0 Å². The number of rotatable bonds is 4. The van der Waals surface area contributed by atoms with Gasteiger partial charge in [-0.3, -0.25) is 9.89 Å². The fourth-order valence-corrected chi connectivity index (χ4v) is 3.55. The van der Waals surface area contributed by atoms with Crippen LogP contribution in [0.2, 0.25) is 0 Å². The van der Waals surface area contributed by atoms with E-state index in [2.05, 4.69) is 15.2 Å². The first-order chi connectivity index (χ1) is 13.4. The molecule has 142 valence electrons. The van der Waals surface area contributed by atoms with Crippen LogP contribution in [0.15, 0.2) is 36.8 Å². The average Bonchev–Trinajstić information content (AvgIpc) is 3.31. The van der Waals surface area contributed by atoms with E-state index in [1.165, 1.54) is 0 Å².